The molecule has 0 aliphatic carbocycles. The van der Waals surface area contributed by atoms with Crippen LogP contribution >= 0.6 is 11.6 Å². The van der Waals surface area contributed by atoms with E-state index in [-0.39, 0.29) is 0 Å². The van der Waals surface area contributed by atoms with E-state index in [0.717, 1.165) is 48.0 Å². The Hall–Kier alpha value is -0.930. The van der Waals surface area contributed by atoms with Gasteiger partial charge in [-0.3, -0.25) is 0 Å². The van der Waals surface area contributed by atoms with Crippen LogP contribution in [-0.4, -0.2) is 20.2 Å². The van der Waals surface area contributed by atoms with Gasteiger partial charge in [0.1, 0.15) is 5.75 Å². The summed E-state index contributed by atoms with van der Waals surface area (Å²) in [6.45, 7) is 3.59. The lowest BCUT2D eigenvalue weighted by atomic mass is 10.2. The number of halogens is 1. The number of benzene rings is 1. The topological polar surface area (TPSA) is 47.3 Å². The van der Waals surface area contributed by atoms with Gasteiger partial charge in [0.25, 0.3) is 0 Å². The third kappa shape index (κ3) is 3.58. The number of nitrogens with two attached hydrogens (primary N) is 1. The lowest BCUT2D eigenvalue weighted by Gasteiger charge is -2.13. The minimum Gasteiger partial charge on any atom is -0.494 e. The summed E-state index contributed by atoms with van der Waals surface area (Å²) in [5, 5.41) is 4.04. The Morgan fingerprint density at radius 3 is 2.75 bits per heavy atom. The standard InChI is InChI=1S/C12H19ClN2O/c1-9-7-10(13)8-11(12(9)16-2)15-6-4-3-5-14/h7-8,15H,3-6,14H2,1-2H3. The second kappa shape index (κ2) is 6.61. The number of nitrogens with one attached hydrogen (secondary N) is 1. The molecule has 4 heteroatoms. The first kappa shape index (κ1) is 13.1. The van der Waals surface area contributed by atoms with Gasteiger partial charge in [-0.1, -0.05) is 11.6 Å². The normalized spacial score (nSPS) is 10.2. The maximum absolute atomic E-state index is 6.00. The predicted octanol–water partition coefficient (Wildman–Crippen LogP) is 2.81. The van der Waals surface area contributed by atoms with Crippen LogP contribution in [0.1, 0.15) is 18.4 Å². The van der Waals surface area contributed by atoms with Crippen LogP contribution < -0.4 is 15.8 Å². The molecule has 90 valence electrons. The highest BCUT2D eigenvalue weighted by molar-refractivity contribution is 6.31. The summed E-state index contributed by atoms with van der Waals surface area (Å²) in [4.78, 5) is 0. The van der Waals surface area contributed by atoms with E-state index in [2.05, 4.69) is 5.32 Å². The zero-order valence-corrected chi connectivity index (χ0v) is 10.6. The highest BCUT2D eigenvalue weighted by Crippen LogP contribution is 2.31. The molecule has 0 saturated heterocycles. The van der Waals surface area contributed by atoms with Crippen molar-refractivity contribution in [2.75, 3.05) is 25.5 Å². The number of ether oxygens (including phenoxy) is 1. The molecule has 0 heterocycles. The van der Waals surface area contributed by atoms with Crippen LogP contribution in [0.25, 0.3) is 0 Å². The van der Waals surface area contributed by atoms with Crippen molar-refractivity contribution in [3.05, 3.63) is 22.7 Å². The van der Waals surface area contributed by atoms with Gasteiger partial charge in [-0.05, 0) is 44.0 Å². The quantitative estimate of drug-likeness (QED) is 0.755. The number of aryl methyl sites for hydroxylation is 1. The van der Waals surface area contributed by atoms with Gasteiger partial charge in [0.05, 0.1) is 12.8 Å². The molecule has 0 spiro atoms. The maximum Gasteiger partial charge on any atom is 0.144 e. The lowest BCUT2D eigenvalue weighted by molar-refractivity contribution is 0.413. The van der Waals surface area contributed by atoms with Gasteiger partial charge >= 0.3 is 0 Å². The molecule has 0 bridgehead atoms. The van der Waals surface area contributed by atoms with Crippen molar-refractivity contribution in [2.45, 2.75) is 19.8 Å². The van der Waals surface area contributed by atoms with Crippen molar-refractivity contribution >= 4 is 17.3 Å². The fourth-order valence-corrected chi connectivity index (χ4v) is 1.90. The molecule has 0 aliphatic rings. The molecular weight excluding hydrogens is 224 g/mol. The average molecular weight is 243 g/mol. The van der Waals surface area contributed by atoms with Gasteiger partial charge in [0, 0.05) is 11.6 Å². The van der Waals surface area contributed by atoms with Crippen LogP contribution in [0.3, 0.4) is 0 Å². The van der Waals surface area contributed by atoms with E-state index in [0.29, 0.717) is 0 Å². The van der Waals surface area contributed by atoms with Gasteiger partial charge in [-0.15, -0.1) is 0 Å². The molecule has 1 rings (SSSR count). The van der Waals surface area contributed by atoms with Crippen LogP contribution in [0, 0.1) is 6.92 Å². The van der Waals surface area contributed by atoms with Crippen LogP contribution in [0.15, 0.2) is 12.1 Å². The van der Waals surface area contributed by atoms with Crippen molar-refractivity contribution in [2.24, 2.45) is 5.73 Å². The summed E-state index contributed by atoms with van der Waals surface area (Å²) >= 11 is 6.00. The van der Waals surface area contributed by atoms with Gasteiger partial charge in [-0.25, -0.2) is 0 Å². The fourth-order valence-electron chi connectivity index (χ4n) is 1.62. The predicted molar refractivity (Wildman–Crippen MR) is 69.5 cm³/mol. The van der Waals surface area contributed by atoms with Gasteiger partial charge in [0.15, 0.2) is 0 Å². The molecule has 0 aliphatic heterocycles. The first-order valence-corrected chi connectivity index (χ1v) is 5.85. The number of hydrogen-bond donors (Lipinski definition) is 2. The Bertz CT molecular complexity index is 342. The van der Waals surface area contributed by atoms with Crippen LogP contribution in [0.2, 0.25) is 5.02 Å². The monoisotopic (exact) mass is 242 g/mol. The Labute approximate surface area is 102 Å². The lowest BCUT2D eigenvalue weighted by Crippen LogP contribution is -2.07. The molecule has 0 saturated carbocycles. The number of rotatable bonds is 6. The van der Waals surface area contributed by atoms with Crippen LogP contribution in [-0.2, 0) is 0 Å². The summed E-state index contributed by atoms with van der Waals surface area (Å²) in [5.74, 6) is 0.858. The summed E-state index contributed by atoms with van der Waals surface area (Å²) in [6.07, 6.45) is 2.07. The molecule has 1 aromatic rings. The molecule has 0 aromatic heterocycles. The number of methoxy groups -OCH3 is 1. The molecule has 16 heavy (non-hydrogen) atoms. The van der Waals surface area contributed by atoms with Gasteiger partial charge < -0.3 is 15.8 Å². The van der Waals surface area contributed by atoms with Crippen molar-refractivity contribution in [1.82, 2.24) is 0 Å². The first-order chi connectivity index (χ1) is 7.69. The zero-order valence-electron chi connectivity index (χ0n) is 9.85. The Morgan fingerprint density at radius 1 is 1.38 bits per heavy atom. The Kier molecular flexibility index (Phi) is 5.43. The van der Waals surface area contributed by atoms with E-state index in [1.807, 2.05) is 19.1 Å². The smallest absolute Gasteiger partial charge is 0.144 e. The van der Waals surface area contributed by atoms with E-state index >= 15 is 0 Å². The first-order valence-electron chi connectivity index (χ1n) is 5.47. The van der Waals surface area contributed by atoms with Crippen molar-refractivity contribution in [1.29, 1.82) is 0 Å². The van der Waals surface area contributed by atoms with Gasteiger partial charge in [-0.2, -0.15) is 0 Å². The molecule has 1 aromatic carbocycles. The number of hydrogen-bond acceptors (Lipinski definition) is 3. The van der Waals surface area contributed by atoms with Crippen molar-refractivity contribution < 1.29 is 4.74 Å². The molecule has 0 unspecified atom stereocenters. The van der Waals surface area contributed by atoms with Crippen LogP contribution in [0.5, 0.6) is 5.75 Å². The number of unbranched alkanes of at least 4 members (excludes halogenated alkanes) is 1. The minimum atomic E-state index is 0.722. The highest BCUT2D eigenvalue weighted by atomic mass is 35.5. The molecule has 0 atom stereocenters. The molecule has 0 radical (unpaired) electrons. The Balaban J connectivity index is 2.69. The summed E-state index contributed by atoms with van der Waals surface area (Å²) in [7, 11) is 1.67. The summed E-state index contributed by atoms with van der Waals surface area (Å²) in [6, 6.07) is 3.78. The minimum absolute atomic E-state index is 0.722. The van der Waals surface area contributed by atoms with Gasteiger partial charge in [0.2, 0.25) is 0 Å². The van der Waals surface area contributed by atoms with E-state index in [1.54, 1.807) is 7.11 Å². The van der Waals surface area contributed by atoms with E-state index in [1.165, 1.54) is 0 Å². The SMILES string of the molecule is COc1c(C)cc(Cl)cc1NCCCCN. The van der Waals surface area contributed by atoms with Crippen molar-refractivity contribution in [3.8, 4) is 5.75 Å². The fraction of sp³-hybridized carbons (Fsp3) is 0.500. The van der Waals surface area contributed by atoms with Crippen molar-refractivity contribution in [3.63, 3.8) is 0 Å². The Morgan fingerprint density at radius 2 is 2.12 bits per heavy atom. The molecule has 3 nitrogen and oxygen atoms in total. The molecular formula is C12H19ClN2O. The number of anilines is 1. The van der Waals surface area contributed by atoms with E-state index in [4.69, 9.17) is 22.1 Å². The summed E-state index contributed by atoms with van der Waals surface area (Å²) < 4.78 is 5.34. The maximum atomic E-state index is 6.00. The largest absolute Gasteiger partial charge is 0.494 e. The second-order valence-corrected chi connectivity index (χ2v) is 4.16. The molecule has 0 fully saturated rings. The third-order valence-electron chi connectivity index (χ3n) is 2.39. The second-order valence-electron chi connectivity index (χ2n) is 3.73. The average Bonchev–Trinajstić information content (AvgIpc) is 2.24. The van der Waals surface area contributed by atoms with E-state index < -0.39 is 0 Å². The molecule has 3 N–H and O–H groups in total. The van der Waals surface area contributed by atoms with E-state index in [9.17, 15) is 0 Å². The third-order valence-corrected chi connectivity index (χ3v) is 2.61. The summed E-state index contributed by atoms with van der Waals surface area (Å²) in [5.41, 5.74) is 7.43. The highest BCUT2D eigenvalue weighted by Gasteiger charge is 2.07. The van der Waals surface area contributed by atoms with Crippen LogP contribution in [0.4, 0.5) is 5.69 Å². The molecule has 0 amide bonds. The zero-order chi connectivity index (χ0) is 12.0.